The highest BCUT2D eigenvalue weighted by atomic mass is 16.4. The Labute approximate surface area is 231 Å². The second kappa shape index (κ2) is 11.3. The van der Waals surface area contributed by atoms with Crippen LogP contribution >= 0.6 is 0 Å². The van der Waals surface area contributed by atoms with Crippen LogP contribution in [0.1, 0.15) is 44.5 Å². The molecule has 204 valence electrons. The average molecular weight is 525 g/mol. The number of nitrogens with one attached hydrogen (secondary N) is 1. The fourth-order valence-corrected chi connectivity index (χ4v) is 6.58. The van der Waals surface area contributed by atoms with E-state index in [2.05, 4.69) is 87.1 Å². The number of benzene rings is 1. The van der Waals surface area contributed by atoms with Crippen LogP contribution in [0.15, 0.2) is 70.9 Å². The molecule has 1 fully saturated rings. The van der Waals surface area contributed by atoms with Gasteiger partial charge in [-0.3, -0.25) is 4.90 Å². The quantitative estimate of drug-likeness (QED) is 0.296. The topological polar surface area (TPSA) is 74.1 Å². The summed E-state index contributed by atoms with van der Waals surface area (Å²) in [7, 11) is 0. The van der Waals surface area contributed by atoms with Crippen LogP contribution in [0, 0.1) is 23.7 Å². The minimum atomic E-state index is 0.455. The highest BCUT2D eigenvalue weighted by Crippen LogP contribution is 2.39. The number of hydrogen-bond acceptors (Lipinski definition) is 6. The van der Waals surface area contributed by atoms with Crippen LogP contribution in [0.25, 0.3) is 10.9 Å². The van der Waals surface area contributed by atoms with Crippen LogP contribution in [0.2, 0.25) is 0 Å². The Bertz CT molecular complexity index is 1400. The summed E-state index contributed by atoms with van der Waals surface area (Å²) in [6.45, 7) is 12.5. The minimum Gasteiger partial charge on any atom is -0.425 e. The summed E-state index contributed by atoms with van der Waals surface area (Å²) in [5.74, 6) is 4.88. The zero-order valence-electron chi connectivity index (χ0n) is 23.4. The molecule has 0 radical (unpaired) electrons. The first-order valence-electron chi connectivity index (χ1n) is 14.5. The van der Waals surface area contributed by atoms with Gasteiger partial charge in [0.2, 0.25) is 11.8 Å². The van der Waals surface area contributed by atoms with Gasteiger partial charge in [-0.15, -0.1) is 10.2 Å². The molecule has 3 atom stereocenters. The number of anilines is 1. The molecule has 2 aliphatic rings. The Morgan fingerprint density at radius 3 is 2.59 bits per heavy atom. The highest BCUT2D eigenvalue weighted by Gasteiger charge is 2.34. The molecule has 7 heteroatoms. The Morgan fingerprint density at radius 2 is 1.79 bits per heavy atom. The number of hydrogen-bond donors (Lipinski definition) is 1. The van der Waals surface area contributed by atoms with E-state index in [4.69, 9.17) is 4.42 Å². The summed E-state index contributed by atoms with van der Waals surface area (Å²) in [4.78, 5) is 12.9. The summed E-state index contributed by atoms with van der Waals surface area (Å²) in [6, 6.07) is 14.5. The van der Waals surface area contributed by atoms with E-state index in [0.717, 1.165) is 56.4 Å². The van der Waals surface area contributed by atoms with E-state index >= 15 is 0 Å². The van der Waals surface area contributed by atoms with Crippen LogP contribution in [-0.4, -0.2) is 57.8 Å². The average Bonchev–Trinajstić information content (AvgIpc) is 3.58. The second-order valence-electron chi connectivity index (χ2n) is 11.7. The van der Waals surface area contributed by atoms with Gasteiger partial charge in [-0.2, -0.15) is 0 Å². The van der Waals surface area contributed by atoms with Gasteiger partial charge in [0.05, 0.1) is 6.42 Å². The summed E-state index contributed by atoms with van der Waals surface area (Å²) in [5, 5.41) is 10.1. The molecule has 1 aliphatic heterocycles. The number of allylic oxidation sites excluding steroid dienone is 1. The summed E-state index contributed by atoms with van der Waals surface area (Å²) >= 11 is 0. The molecule has 0 unspecified atom stereocenters. The summed E-state index contributed by atoms with van der Waals surface area (Å²) in [6.07, 6.45) is 9.16. The number of aromatic nitrogens is 4. The van der Waals surface area contributed by atoms with Gasteiger partial charge >= 0.3 is 0 Å². The summed E-state index contributed by atoms with van der Waals surface area (Å²) < 4.78 is 6.17. The van der Waals surface area contributed by atoms with Crippen molar-refractivity contribution in [3.05, 3.63) is 83.9 Å². The minimum absolute atomic E-state index is 0.455. The standard InChI is InChI=1S/C32H40N6O/c1-22(2)28-17-24(18-31-35-36-32(39-31)19-25-20-34-29-9-5-4-8-27(25)29)23(3)16-26(28)21-37-12-14-38(15-13-37)30-10-6-7-11-33-30/h4-11,16,20,22,24,26,28,34H,12-15,17-19,21H2,1-3H3/t24-,26-,28-/m0/s1. The third-order valence-corrected chi connectivity index (χ3v) is 8.84. The number of rotatable bonds is 8. The van der Waals surface area contributed by atoms with E-state index in [1.165, 1.54) is 22.9 Å². The van der Waals surface area contributed by atoms with Crippen molar-refractivity contribution in [2.75, 3.05) is 37.6 Å². The van der Waals surface area contributed by atoms with Crippen LogP contribution in [0.5, 0.6) is 0 Å². The van der Waals surface area contributed by atoms with Crippen molar-refractivity contribution in [1.29, 1.82) is 0 Å². The van der Waals surface area contributed by atoms with E-state index in [-0.39, 0.29) is 0 Å². The lowest BCUT2D eigenvalue weighted by atomic mass is 9.69. The van der Waals surface area contributed by atoms with Crippen molar-refractivity contribution in [1.82, 2.24) is 25.1 Å². The predicted octanol–water partition coefficient (Wildman–Crippen LogP) is 5.76. The van der Waals surface area contributed by atoms with Crippen molar-refractivity contribution in [3.8, 4) is 0 Å². The van der Waals surface area contributed by atoms with Gasteiger partial charge < -0.3 is 14.3 Å². The molecule has 1 aliphatic carbocycles. The van der Waals surface area contributed by atoms with Crippen LogP contribution in [0.4, 0.5) is 5.82 Å². The molecular formula is C32H40N6O. The fraction of sp³-hybridized carbons (Fsp3) is 0.469. The van der Waals surface area contributed by atoms with Crippen molar-refractivity contribution in [3.63, 3.8) is 0 Å². The molecule has 0 spiro atoms. The van der Waals surface area contributed by atoms with Gasteiger partial charge in [0.25, 0.3) is 0 Å². The van der Waals surface area contributed by atoms with Crippen LogP contribution in [0.3, 0.4) is 0 Å². The maximum Gasteiger partial charge on any atom is 0.221 e. The first kappa shape index (κ1) is 25.8. The van der Waals surface area contributed by atoms with Crippen molar-refractivity contribution in [2.45, 2.75) is 40.0 Å². The van der Waals surface area contributed by atoms with Crippen molar-refractivity contribution in [2.24, 2.45) is 23.7 Å². The first-order valence-corrected chi connectivity index (χ1v) is 14.5. The maximum absolute atomic E-state index is 6.17. The van der Waals surface area contributed by atoms with Crippen LogP contribution in [-0.2, 0) is 12.8 Å². The molecule has 4 aromatic rings. The molecule has 6 rings (SSSR count). The van der Waals surface area contributed by atoms with Gasteiger partial charge in [0.1, 0.15) is 5.82 Å². The number of H-pyrrole nitrogens is 1. The highest BCUT2D eigenvalue weighted by molar-refractivity contribution is 5.83. The van der Waals surface area contributed by atoms with Crippen molar-refractivity contribution >= 4 is 16.7 Å². The zero-order valence-corrected chi connectivity index (χ0v) is 23.4. The van der Waals surface area contributed by atoms with Gasteiger partial charge in [-0.25, -0.2) is 4.98 Å². The lowest BCUT2D eigenvalue weighted by Crippen LogP contribution is -2.49. The number of nitrogens with zero attached hydrogens (tertiary/aromatic N) is 5. The fourth-order valence-electron chi connectivity index (χ4n) is 6.58. The first-order chi connectivity index (χ1) is 19.0. The van der Waals surface area contributed by atoms with E-state index in [0.29, 0.717) is 36.0 Å². The third-order valence-electron chi connectivity index (χ3n) is 8.84. The van der Waals surface area contributed by atoms with Gasteiger partial charge in [-0.1, -0.05) is 49.8 Å². The Morgan fingerprint density at radius 1 is 1.00 bits per heavy atom. The van der Waals surface area contributed by atoms with E-state index in [1.807, 2.05) is 24.5 Å². The van der Waals surface area contributed by atoms with Gasteiger partial charge in [0, 0.05) is 62.4 Å². The maximum atomic E-state index is 6.17. The molecule has 0 bridgehead atoms. The molecule has 1 saturated heterocycles. The van der Waals surface area contributed by atoms with Gasteiger partial charge in [-0.05, 0) is 60.8 Å². The SMILES string of the molecule is CC1=C[C@@H](CN2CCN(c3ccccn3)CC2)[C@H](C(C)C)C[C@H]1Cc1nnc(Cc2c[nH]c3ccccc23)o1. The molecule has 7 nitrogen and oxygen atoms in total. The third kappa shape index (κ3) is 5.78. The van der Waals surface area contributed by atoms with E-state index in [9.17, 15) is 0 Å². The number of pyridine rings is 1. The molecule has 0 amide bonds. The Balaban J connectivity index is 1.08. The molecule has 1 aromatic carbocycles. The monoisotopic (exact) mass is 524 g/mol. The number of piperazine rings is 1. The number of aromatic amines is 1. The number of para-hydroxylation sites is 1. The Hall–Kier alpha value is -3.45. The molecule has 3 aromatic heterocycles. The largest absolute Gasteiger partial charge is 0.425 e. The van der Waals surface area contributed by atoms with Crippen LogP contribution < -0.4 is 4.90 Å². The lowest BCUT2D eigenvalue weighted by molar-refractivity contribution is 0.154. The zero-order chi connectivity index (χ0) is 26.8. The normalized spacial score (nSPS) is 22.5. The molecule has 0 saturated carbocycles. The Kier molecular flexibility index (Phi) is 7.51. The number of fused-ring (bicyclic) bond motifs is 1. The van der Waals surface area contributed by atoms with Gasteiger partial charge in [0.15, 0.2) is 0 Å². The second-order valence-corrected chi connectivity index (χ2v) is 11.7. The lowest BCUT2D eigenvalue weighted by Gasteiger charge is -2.41. The van der Waals surface area contributed by atoms with E-state index in [1.54, 1.807) is 0 Å². The molecule has 4 heterocycles. The smallest absolute Gasteiger partial charge is 0.221 e. The summed E-state index contributed by atoms with van der Waals surface area (Å²) in [5.41, 5.74) is 3.80. The predicted molar refractivity (Wildman–Crippen MR) is 156 cm³/mol. The van der Waals surface area contributed by atoms with Crippen molar-refractivity contribution < 1.29 is 4.42 Å². The molecule has 1 N–H and O–H groups in total. The van der Waals surface area contributed by atoms with E-state index < -0.39 is 0 Å². The molecule has 39 heavy (non-hydrogen) atoms. The molecular weight excluding hydrogens is 484 g/mol.